The molecule has 0 amide bonds. The standard InChI is InChI=1S/C29H25N2O/c1-18-10-12-24-27-22(17-30)8-5-9-25(27)32-29(24)26(18)28-23-13-11-20(19-6-3-4-7-19)16-21(23)14-15-31(28)2/h5,8-16,19H,3-4,6-7H2,1-2H3/q+1. The fourth-order valence-electron chi connectivity index (χ4n) is 5.59. The number of nitrogens with zero attached hydrogens (tertiary/aromatic N) is 2. The third-order valence-corrected chi connectivity index (χ3v) is 7.22. The lowest BCUT2D eigenvalue weighted by Gasteiger charge is -2.12. The molecular formula is C29H25N2O+. The van der Waals surface area contributed by atoms with Crippen LogP contribution in [0.5, 0.6) is 0 Å². The van der Waals surface area contributed by atoms with Crippen LogP contribution in [0.4, 0.5) is 0 Å². The van der Waals surface area contributed by atoms with Crippen LogP contribution in [-0.2, 0) is 7.05 Å². The van der Waals surface area contributed by atoms with Crippen molar-refractivity contribution in [3.05, 3.63) is 77.5 Å². The van der Waals surface area contributed by atoms with Crippen LogP contribution in [0.3, 0.4) is 0 Å². The van der Waals surface area contributed by atoms with Crippen molar-refractivity contribution in [1.29, 1.82) is 5.26 Å². The molecule has 1 fully saturated rings. The van der Waals surface area contributed by atoms with Gasteiger partial charge in [0.1, 0.15) is 18.2 Å². The van der Waals surface area contributed by atoms with Crippen LogP contribution in [0.1, 0.15) is 48.3 Å². The van der Waals surface area contributed by atoms with Crippen LogP contribution in [0.25, 0.3) is 44.0 Å². The van der Waals surface area contributed by atoms with Gasteiger partial charge in [0.15, 0.2) is 6.20 Å². The van der Waals surface area contributed by atoms with E-state index in [9.17, 15) is 5.26 Å². The third-order valence-electron chi connectivity index (χ3n) is 7.22. The Labute approximate surface area is 187 Å². The van der Waals surface area contributed by atoms with Gasteiger partial charge >= 0.3 is 0 Å². The summed E-state index contributed by atoms with van der Waals surface area (Å²) < 4.78 is 8.60. The molecule has 0 aliphatic heterocycles. The highest BCUT2D eigenvalue weighted by Gasteiger charge is 2.25. The van der Waals surface area contributed by atoms with E-state index in [4.69, 9.17) is 4.42 Å². The fourth-order valence-corrected chi connectivity index (χ4v) is 5.59. The molecule has 2 heterocycles. The van der Waals surface area contributed by atoms with Crippen molar-refractivity contribution >= 4 is 32.7 Å². The summed E-state index contributed by atoms with van der Waals surface area (Å²) in [6, 6.07) is 21.5. The van der Waals surface area contributed by atoms with Crippen LogP contribution >= 0.6 is 0 Å². The highest BCUT2D eigenvalue weighted by Crippen LogP contribution is 2.41. The summed E-state index contributed by atoms with van der Waals surface area (Å²) in [5.41, 5.74) is 7.15. The van der Waals surface area contributed by atoms with Gasteiger partial charge in [-0.3, -0.25) is 0 Å². The Morgan fingerprint density at radius 3 is 2.62 bits per heavy atom. The van der Waals surface area contributed by atoms with E-state index in [2.05, 4.69) is 67.2 Å². The number of hydrogen-bond donors (Lipinski definition) is 0. The molecular weight excluding hydrogens is 392 g/mol. The Hall–Kier alpha value is -3.64. The van der Waals surface area contributed by atoms with Crippen molar-refractivity contribution in [2.75, 3.05) is 0 Å². The van der Waals surface area contributed by atoms with Crippen molar-refractivity contribution < 1.29 is 8.98 Å². The first-order valence-corrected chi connectivity index (χ1v) is 11.4. The van der Waals surface area contributed by atoms with Crippen LogP contribution in [0.2, 0.25) is 0 Å². The number of nitriles is 1. The second kappa shape index (κ2) is 7.21. The molecule has 0 unspecified atom stereocenters. The van der Waals surface area contributed by atoms with Crippen LogP contribution in [-0.4, -0.2) is 0 Å². The Morgan fingerprint density at radius 1 is 1.00 bits per heavy atom. The number of pyridine rings is 1. The van der Waals surface area contributed by atoms with Gasteiger partial charge in [0.2, 0.25) is 5.69 Å². The van der Waals surface area contributed by atoms with Gasteiger partial charge in [0.25, 0.3) is 0 Å². The average molecular weight is 418 g/mol. The highest BCUT2D eigenvalue weighted by atomic mass is 16.3. The molecule has 1 saturated carbocycles. The van der Waals surface area contributed by atoms with Gasteiger partial charge in [-0.25, -0.2) is 4.57 Å². The molecule has 156 valence electrons. The summed E-state index contributed by atoms with van der Waals surface area (Å²) >= 11 is 0. The second-order valence-electron chi connectivity index (χ2n) is 9.13. The number of aryl methyl sites for hydroxylation is 2. The molecule has 3 heteroatoms. The molecule has 6 rings (SSSR count). The zero-order valence-electron chi connectivity index (χ0n) is 18.5. The van der Waals surface area contributed by atoms with Crippen LogP contribution in [0.15, 0.2) is 65.2 Å². The minimum atomic E-state index is 0.652. The third kappa shape index (κ3) is 2.76. The average Bonchev–Trinajstić information content (AvgIpc) is 3.47. The molecule has 1 aliphatic carbocycles. The summed E-state index contributed by atoms with van der Waals surface area (Å²) in [4.78, 5) is 0. The number of fused-ring (bicyclic) bond motifs is 4. The molecule has 2 aromatic heterocycles. The number of rotatable bonds is 2. The molecule has 0 saturated heterocycles. The smallest absolute Gasteiger partial charge is 0.224 e. The van der Waals surface area contributed by atoms with E-state index < -0.39 is 0 Å². The van der Waals surface area contributed by atoms with Gasteiger partial charge in [0.05, 0.1) is 22.6 Å². The molecule has 32 heavy (non-hydrogen) atoms. The molecule has 5 aromatic rings. The maximum atomic E-state index is 9.66. The Balaban J connectivity index is 1.66. The normalized spacial score (nSPS) is 14.5. The Morgan fingerprint density at radius 2 is 1.81 bits per heavy atom. The SMILES string of the molecule is Cc1ccc2c(oc3cccc(C#N)c32)c1-c1c2ccc(C3CCCC3)cc2cc[n+]1C. The van der Waals surface area contributed by atoms with Crippen molar-refractivity contribution in [2.24, 2.45) is 7.05 Å². The minimum Gasteiger partial charge on any atom is -0.455 e. The van der Waals surface area contributed by atoms with Crippen LogP contribution in [0, 0.1) is 18.3 Å². The predicted molar refractivity (Wildman–Crippen MR) is 128 cm³/mol. The minimum absolute atomic E-state index is 0.652. The number of hydrogen-bond acceptors (Lipinski definition) is 2. The maximum absolute atomic E-state index is 9.66. The van der Waals surface area contributed by atoms with E-state index in [1.165, 1.54) is 42.0 Å². The van der Waals surface area contributed by atoms with Gasteiger partial charge in [-0.2, -0.15) is 5.26 Å². The summed E-state index contributed by atoms with van der Waals surface area (Å²) in [6.45, 7) is 2.14. The van der Waals surface area contributed by atoms with Crippen molar-refractivity contribution in [1.82, 2.24) is 0 Å². The molecule has 0 atom stereocenters. The topological polar surface area (TPSA) is 40.8 Å². The second-order valence-corrected chi connectivity index (χ2v) is 9.13. The molecule has 3 aromatic carbocycles. The largest absolute Gasteiger partial charge is 0.455 e. The van der Waals surface area contributed by atoms with E-state index in [-0.39, 0.29) is 0 Å². The summed E-state index contributed by atoms with van der Waals surface area (Å²) in [5, 5.41) is 14.1. The zero-order chi connectivity index (χ0) is 21.8. The van der Waals surface area contributed by atoms with Gasteiger partial charge < -0.3 is 4.42 Å². The Bertz CT molecular complexity index is 1560. The molecule has 0 spiro atoms. The van der Waals surface area contributed by atoms with Gasteiger partial charge in [0, 0.05) is 16.8 Å². The van der Waals surface area contributed by atoms with Gasteiger partial charge in [-0.1, -0.05) is 43.2 Å². The molecule has 0 radical (unpaired) electrons. The van der Waals surface area contributed by atoms with Crippen molar-refractivity contribution in [3.63, 3.8) is 0 Å². The van der Waals surface area contributed by atoms with E-state index in [0.29, 0.717) is 11.5 Å². The summed E-state index contributed by atoms with van der Waals surface area (Å²) in [5.74, 6) is 0.696. The summed E-state index contributed by atoms with van der Waals surface area (Å²) in [6.07, 6.45) is 7.44. The lowest BCUT2D eigenvalue weighted by Crippen LogP contribution is -2.30. The number of aromatic nitrogens is 1. The fraction of sp³-hybridized carbons (Fsp3) is 0.241. The van der Waals surface area contributed by atoms with Gasteiger partial charge in [-0.15, -0.1) is 0 Å². The monoisotopic (exact) mass is 417 g/mol. The first-order chi connectivity index (χ1) is 15.7. The predicted octanol–water partition coefficient (Wildman–Crippen LogP) is 7.07. The zero-order valence-corrected chi connectivity index (χ0v) is 18.5. The number of benzene rings is 3. The van der Waals surface area contributed by atoms with Crippen molar-refractivity contribution in [2.45, 2.75) is 38.5 Å². The lowest BCUT2D eigenvalue weighted by molar-refractivity contribution is -0.659. The maximum Gasteiger partial charge on any atom is 0.224 e. The first-order valence-electron chi connectivity index (χ1n) is 11.4. The Kier molecular flexibility index (Phi) is 4.30. The quantitative estimate of drug-likeness (QED) is 0.288. The molecule has 3 nitrogen and oxygen atoms in total. The van der Waals surface area contributed by atoms with Crippen LogP contribution < -0.4 is 4.57 Å². The molecule has 1 aliphatic rings. The number of furan rings is 1. The highest BCUT2D eigenvalue weighted by molar-refractivity contribution is 6.13. The summed E-state index contributed by atoms with van der Waals surface area (Å²) in [7, 11) is 2.10. The first kappa shape index (κ1) is 19.1. The van der Waals surface area contributed by atoms with E-state index in [0.717, 1.165) is 38.8 Å². The van der Waals surface area contributed by atoms with Gasteiger partial charge in [-0.05, 0) is 60.4 Å². The van der Waals surface area contributed by atoms with E-state index in [1.807, 2.05) is 18.2 Å². The molecule has 0 N–H and O–H groups in total. The van der Waals surface area contributed by atoms with E-state index >= 15 is 0 Å². The van der Waals surface area contributed by atoms with Crippen molar-refractivity contribution in [3.8, 4) is 17.3 Å². The molecule has 0 bridgehead atoms. The van der Waals surface area contributed by atoms with E-state index in [1.54, 1.807) is 0 Å². The lowest BCUT2D eigenvalue weighted by atomic mass is 9.92.